The molecule has 13 heavy (non-hydrogen) atoms. The van der Waals surface area contributed by atoms with Crippen molar-refractivity contribution in [3.63, 3.8) is 0 Å². The van der Waals surface area contributed by atoms with Gasteiger partial charge in [-0.15, -0.1) is 0 Å². The van der Waals surface area contributed by atoms with Crippen LogP contribution in [0.25, 0.3) is 5.57 Å². The Balaban J connectivity index is 3.05. The van der Waals surface area contributed by atoms with Crippen molar-refractivity contribution >= 4 is 28.2 Å². The van der Waals surface area contributed by atoms with Crippen LogP contribution in [0.3, 0.4) is 0 Å². The summed E-state index contributed by atoms with van der Waals surface area (Å²) in [6, 6.07) is 8.45. The van der Waals surface area contributed by atoms with Gasteiger partial charge in [-0.25, -0.2) is 0 Å². The molecule has 68 valence electrons. The lowest BCUT2D eigenvalue weighted by atomic mass is 10.1. The number of halogens is 1. The molecule has 0 N–H and O–H groups in total. The van der Waals surface area contributed by atoms with E-state index in [0.29, 0.717) is 0 Å². The zero-order chi connectivity index (χ0) is 9.68. The summed E-state index contributed by atoms with van der Waals surface area (Å²) in [6.07, 6.45) is 5.15. The van der Waals surface area contributed by atoms with Gasteiger partial charge < -0.3 is 0 Å². The van der Waals surface area contributed by atoms with Gasteiger partial charge in [-0.05, 0) is 52.3 Å². The van der Waals surface area contributed by atoms with Crippen LogP contribution in [0.4, 0.5) is 0 Å². The van der Waals surface area contributed by atoms with Gasteiger partial charge in [0, 0.05) is 3.57 Å². The standard InChI is InChI=1S/C12H13I/c1-3-6-10(4-2)11-7-5-8-12(13)9-11/h4-9H,2-3H2,1H3/b10-6+. The first-order chi connectivity index (χ1) is 6.27. The summed E-state index contributed by atoms with van der Waals surface area (Å²) in [6.45, 7) is 5.95. The molecule has 0 radical (unpaired) electrons. The molecule has 0 saturated carbocycles. The molecule has 0 fully saturated rings. The van der Waals surface area contributed by atoms with Crippen molar-refractivity contribution in [3.05, 3.63) is 52.1 Å². The van der Waals surface area contributed by atoms with Gasteiger partial charge in [-0.3, -0.25) is 0 Å². The fourth-order valence-electron chi connectivity index (χ4n) is 1.21. The van der Waals surface area contributed by atoms with E-state index in [-0.39, 0.29) is 0 Å². The largest absolute Gasteiger partial charge is 0.0985 e. The van der Waals surface area contributed by atoms with Crippen LogP contribution in [0.1, 0.15) is 18.9 Å². The smallest absolute Gasteiger partial charge is 0.0136 e. The first kappa shape index (κ1) is 10.5. The fraction of sp³-hybridized carbons (Fsp3) is 0.167. The van der Waals surface area contributed by atoms with Crippen LogP contribution >= 0.6 is 22.6 Å². The molecule has 1 heteroatoms. The van der Waals surface area contributed by atoms with Crippen LogP contribution in [0.5, 0.6) is 0 Å². The molecule has 1 aromatic carbocycles. The van der Waals surface area contributed by atoms with Crippen LogP contribution in [0, 0.1) is 3.57 Å². The number of rotatable bonds is 3. The first-order valence-corrected chi connectivity index (χ1v) is 5.44. The van der Waals surface area contributed by atoms with Gasteiger partial charge in [0.1, 0.15) is 0 Å². The van der Waals surface area contributed by atoms with Gasteiger partial charge in [0.15, 0.2) is 0 Å². The van der Waals surface area contributed by atoms with Gasteiger partial charge >= 0.3 is 0 Å². The zero-order valence-corrected chi connectivity index (χ0v) is 9.91. The van der Waals surface area contributed by atoms with Gasteiger partial charge in [0.05, 0.1) is 0 Å². The molecule has 0 bridgehead atoms. The Labute approximate surface area is 93.5 Å². The molecule has 1 rings (SSSR count). The Morgan fingerprint density at radius 2 is 2.31 bits per heavy atom. The number of hydrogen-bond donors (Lipinski definition) is 0. The summed E-state index contributed by atoms with van der Waals surface area (Å²) in [7, 11) is 0. The van der Waals surface area contributed by atoms with Crippen molar-refractivity contribution in [1.29, 1.82) is 0 Å². The van der Waals surface area contributed by atoms with E-state index >= 15 is 0 Å². The highest BCUT2D eigenvalue weighted by Gasteiger charge is 1.96. The lowest BCUT2D eigenvalue weighted by Gasteiger charge is -2.02. The van der Waals surface area contributed by atoms with Crippen LogP contribution in [-0.4, -0.2) is 0 Å². The predicted octanol–water partition coefficient (Wildman–Crippen LogP) is 4.27. The highest BCUT2D eigenvalue weighted by molar-refractivity contribution is 14.1. The van der Waals surface area contributed by atoms with E-state index in [4.69, 9.17) is 0 Å². The van der Waals surface area contributed by atoms with Crippen molar-refractivity contribution in [2.24, 2.45) is 0 Å². The lowest BCUT2D eigenvalue weighted by molar-refractivity contribution is 1.23. The average molecular weight is 284 g/mol. The molecule has 0 heterocycles. The predicted molar refractivity (Wildman–Crippen MR) is 67.6 cm³/mol. The van der Waals surface area contributed by atoms with Gasteiger partial charge in [0.25, 0.3) is 0 Å². The summed E-state index contributed by atoms with van der Waals surface area (Å²) < 4.78 is 1.26. The third kappa shape index (κ3) is 2.99. The molecule has 0 saturated heterocycles. The van der Waals surface area contributed by atoms with Crippen molar-refractivity contribution in [2.75, 3.05) is 0 Å². The third-order valence-electron chi connectivity index (χ3n) is 1.80. The summed E-state index contributed by atoms with van der Waals surface area (Å²) >= 11 is 2.32. The van der Waals surface area contributed by atoms with E-state index in [1.807, 2.05) is 6.08 Å². The van der Waals surface area contributed by atoms with E-state index in [0.717, 1.165) is 6.42 Å². The molecule has 0 aliphatic rings. The molecule has 0 amide bonds. The molecular weight excluding hydrogens is 271 g/mol. The summed E-state index contributed by atoms with van der Waals surface area (Å²) in [4.78, 5) is 0. The monoisotopic (exact) mass is 284 g/mol. The van der Waals surface area contributed by atoms with E-state index in [1.165, 1.54) is 14.7 Å². The maximum atomic E-state index is 3.81. The van der Waals surface area contributed by atoms with Crippen molar-refractivity contribution < 1.29 is 0 Å². The molecule has 0 aromatic heterocycles. The van der Waals surface area contributed by atoms with E-state index in [2.05, 4.69) is 66.4 Å². The number of allylic oxidation sites excluding steroid dienone is 3. The topological polar surface area (TPSA) is 0 Å². The fourth-order valence-corrected chi connectivity index (χ4v) is 1.75. The molecule has 0 atom stereocenters. The van der Waals surface area contributed by atoms with E-state index < -0.39 is 0 Å². The SMILES string of the molecule is C=C/C(=C\CC)c1cccc(I)c1. The maximum Gasteiger partial charge on any atom is 0.0136 e. The molecular formula is C12H13I. The molecule has 0 spiro atoms. The molecule has 0 aliphatic heterocycles. The Bertz CT molecular complexity index is 324. The van der Waals surface area contributed by atoms with Crippen molar-refractivity contribution in [2.45, 2.75) is 13.3 Å². The van der Waals surface area contributed by atoms with E-state index in [1.54, 1.807) is 0 Å². The van der Waals surface area contributed by atoms with Crippen LogP contribution < -0.4 is 0 Å². The Kier molecular flexibility index (Phi) is 4.22. The van der Waals surface area contributed by atoms with Gasteiger partial charge in [-0.2, -0.15) is 0 Å². The van der Waals surface area contributed by atoms with Crippen LogP contribution in [0.2, 0.25) is 0 Å². The molecule has 0 aliphatic carbocycles. The lowest BCUT2D eigenvalue weighted by Crippen LogP contribution is -1.81. The Morgan fingerprint density at radius 3 is 2.85 bits per heavy atom. The van der Waals surface area contributed by atoms with Crippen molar-refractivity contribution in [1.82, 2.24) is 0 Å². The van der Waals surface area contributed by atoms with Crippen molar-refractivity contribution in [3.8, 4) is 0 Å². The number of benzene rings is 1. The second-order valence-corrected chi connectivity index (χ2v) is 4.03. The first-order valence-electron chi connectivity index (χ1n) is 4.36. The normalized spacial score (nSPS) is 11.4. The van der Waals surface area contributed by atoms with Gasteiger partial charge in [-0.1, -0.05) is 37.8 Å². The van der Waals surface area contributed by atoms with Crippen LogP contribution in [0.15, 0.2) is 43.0 Å². The minimum absolute atomic E-state index is 1.05. The summed E-state index contributed by atoms with van der Waals surface area (Å²) in [5.41, 5.74) is 2.48. The highest BCUT2D eigenvalue weighted by Crippen LogP contribution is 2.18. The number of hydrogen-bond acceptors (Lipinski definition) is 0. The van der Waals surface area contributed by atoms with E-state index in [9.17, 15) is 0 Å². The molecule has 0 nitrogen and oxygen atoms in total. The van der Waals surface area contributed by atoms with Crippen LogP contribution in [-0.2, 0) is 0 Å². The Hall–Kier alpha value is -0.570. The average Bonchev–Trinajstić information content (AvgIpc) is 2.14. The zero-order valence-electron chi connectivity index (χ0n) is 7.76. The highest BCUT2D eigenvalue weighted by atomic mass is 127. The quantitative estimate of drug-likeness (QED) is 0.574. The third-order valence-corrected chi connectivity index (χ3v) is 2.47. The summed E-state index contributed by atoms with van der Waals surface area (Å²) in [5, 5.41) is 0. The summed E-state index contributed by atoms with van der Waals surface area (Å²) in [5.74, 6) is 0. The second-order valence-electron chi connectivity index (χ2n) is 2.78. The molecule has 0 unspecified atom stereocenters. The second kappa shape index (κ2) is 5.22. The minimum Gasteiger partial charge on any atom is -0.0985 e. The molecule has 1 aromatic rings. The Morgan fingerprint density at radius 1 is 1.54 bits per heavy atom. The van der Waals surface area contributed by atoms with Gasteiger partial charge in [0.2, 0.25) is 0 Å². The minimum atomic E-state index is 1.05. The maximum absolute atomic E-state index is 3.81.